The normalized spacial score (nSPS) is 15.1. The molecule has 1 heterocycles. The Morgan fingerprint density at radius 3 is 2.64 bits per heavy atom. The Labute approximate surface area is 158 Å². The van der Waals surface area contributed by atoms with E-state index in [4.69, 9.17) is 27.9 Å². The molecule has 6 nitrogen and oxygen atoms in total. The van der Waals surface area contributed by atoms with E-state index in [1.807, 2.05) is 6.07 Å². The van der Waals surface area contributed by atoms with Crippen LogP contribution in [0.25, 0.3) is 0 Å². The van der Waals surface area contributed by atoms with Gasteiger partial charge in [-0.15, -0.1) is 0 Å². The summed E-state index contributed by atoms with van der Waals surface area (Å²) in [5.74, 6) is 0.00432. The van der Waals surface area contributed by atoms with Crippen LogP contribution in [0, 0.1) is 0 Å². The zero-order valence-corrected chi connectivity index (χ0v) is 15.8. The zero-order chi connectivity index (χ0) is 18.2. The number of ether oxygens (including phenoxy) is 1. The van der Waals surface area contributed by atoms with Crippen molar-refractivity contribution < 1.29 is 19.2 Å². The number of benzene rings is 1. The van der Waals surface area contributed by atoms with Crippen LogP contribution >= 0.6 is 23.2 Å². The number of hydrogen-bond acceptors (Lipinski definition) is 3. The van der Waals surface area contributed by atoms with Crippen LogP contribution in [0.3, 0.4) is 0 Å². The maximum atomic E-state index is 12.1. The number of amides is 2. The summed E-state index contributed by atoms with van der Waals surface area (Å²) in [7, 11) is 0. The molecule has 0 aliphatic carbocycles. The topological polar surface area (TPSA) is 63.1 Å². The fourth-order valence-corrected chi connectivity index (χ4v) is 3.25. The van der Waals surface area contributed by atoms with E-state index in [2.05, 4.69) is 5.32 Å². The summed E-state index contributed by atoms with van der Waals surface area (Å²) in [6, 6.07) is 5.36. The molecule has 2 rings (SSSR count). The molecule has 2 N–H and O–H groups in total. The minimum Gasteiger partial charge on any atom is -0.450 e. The molecule has 1 saturated heterocycles. The van der Waals surface area contributed by atoms with Gasteiger partial charge in [-0.1, -0.05) is 29.3 Å². The summed E-state index contributed by atoms with van der Waals surface area (Å²) in [4.78, 5) is 26.6. The molecule has 1 aliphatic heterocycles. The minimum atomic E-state index is -0.272. The summed E-state index contributed by atoms with van der Waals surface area (Å²) >= 11 is 12.0. The van der Waals surface area contributed by atoms with Gasteiger partial charge in [0.1, 0.15) is 0 Å². The van der Waals surface area contributed by atoms with E-state index in [1.54, 1.807) is 24.0 Å². The van der Waals surface area contributed by atoms with Gasteiger partial charge < -0.3 is 15.0 Å². The summed E-state index contributed by atoms with van der Waals surface area (Å²) < 4.78 is 4.99. The van der Waals surface area contributed by atoms with Crippen molar-refractivity contribution in [3.8, 4) is 0 Å². The molecule has 0 spiro atoms. The van der Waals surface area contributed by atoms with Gasteiger partial charge in [0, 0.05) is 16.6 Å². The maximum Gasteiger partial charge on any atom is 0.410 e. The number of carbonyl (C=O) groups excluding carboxylic acids is 2. The molecule has 2 amide bonds. The summed E-state index contributed by atoms with van der Waals surface area (Å²) in [6.45, 7) is 5.83. The quantitative estimate of drug-likeness (QED) is 0.764. The highest BCUT2D eigenvalue weighted by Gasteiger charge is 2.25. The highest BCUT2D eigenvalue weighted by Crippen LogP contribution is 2.20. The highest BCUT2D eigenvalue weighted by molar-refractivity contribution is 6.35. The summed E-state index contributed by atoms with van der Waals surface area (Å²) in [5.41, 5.74) is 0.960. The lowest BCUT2D eigenvalue weighted by Gasteiger charge is -2.31. The van der Waals surface area contributed by atoms with Crippen LogP contribution in [0.15, 0.2) is 18.2 Å². The van der Waals surface area contributed by atoms with Crippen molar-refractivity contribution in [1.29, 1.82) is 0 Å². The van der Waals surface area contributed by atoms with Crippen molar-refractivity contribution >= 4 is 35.2 Å². The molecule has 0 aromatic heterocycles. The third-order valence-corrected chi connectivity index (χ3v) is 4.73. The van der Waals surface area contributed by atoms with Gasteiger partial charge in [-0.2, -0.15) is 0 Å². The van der Waals surface area contributed by atoms with Gasteiger partial charge in [0.05, 0.1) is 32.8 Å². The number of halogens is 2. The number of hydrogen-bond donors (Lipinski definition) is 2. The number of piperazine rings is 1. The van der Waals surface area contributed by atoms with Crippen LogP contribution in [-0.4, -0.2) is 62.8 Å². The Morgan fingerprint density at radius 1 is 1.28 bits per heavy atom. The second-order valence-electron chi connectivity index (χ2n) is 5.95. The Balaban J connectivity index is 1.67. The Kier molecular flexibility index (Phi) is 7.81. The van der Waals surface area contributed by atoms with E-state index in [0.717, 1.165) is 18.7 Å². The van der Waals surface area contributed by atoms with E-state index in [9.17, 15) is 9.59 Å². The minimum absolute atomic E-state index is 0.00432. The molecule has 1 aromatic rings. The molecule has 0 saturated carbocycles. The van der Waals surface area contributed by atoms with Gasteiger partial charge in [-0.25, -0.2) is 4.79 Å². The van der Waals surface area contributed by atoms with Crippen LogP contribution in [-0.2, 0) is 16.0 Å². The predicted octanol–water partition coefficient (Wildman–Crippen LogP) is 1.01. The number of nitrogens with zero attached hydrogens (tertiary/aromatic N) is 1. The van der Waals surface area contributed by atoms with Gasteiger partial charge in [-0.3, -0.25) is 9.69 Å². The van der Waals surface area contributed by atoms with Crippen LogP contribution in [0.2, 0.25) is 10.0 Å². The molecule has 1 fully saturated rings. The molecule has 8 heteroatoms. The van der Waals surface area contributed by atoms with Gasteiger partial charge >= 0.3 is 6.09 Å². The Hall–Kier alpha value is -1.50. The third kappa shape index (κ3) is 6.38. The molecule has 1 aliphatic rings. The molecular weight excluding hydrogens is 365 g/mol. The molecule has 0 bridgehead atoms. The highest BCUT2D eigenvalue weighted by atomic mass is 35.5. The van der Waals surface area contributed by atoms with Crippen molar-refractivity contribution in [2.75, 3.05) is 45.9 Å². The first-order valence-electron chi connectivity index (χ1n) is 8.45. The first kappa shape index (κ1) is 19.8. The molecule has 0 radical (unpaired) electrons. The molecule has 25 heavy (non-hydrogen) atoms. The second kappa shape index (κ2) is 9.85. The Morgan fingerprint density at radius 2 is 2.00 bits per heavy atom. The SMILES string of the molecule is CCOC(=O)N1CC[NH+](CC(=O)NCCc2ccc(Cl)cc2Cl)CC1. The maximum absolute atomic E-state index is 12.1. The molecule has 1 aromatic carbocycles. The van der Waals surface area contributed by atoms with Crippen molar-refractivity contribution in [2.24, 2.45) is 0 Å². The van der Waals surface area contributed by atoms with E-state index >= 15 is 0 Å². The summed E-state index contributed by atoms with van der Waals surface area (Å²) in [6.07, 6.45) is 0.388. The van der Waals surface area contributed by atoms with E-state index in [0.29, 0.717) is 49.3 Å². The molecular formula is C17H24Cl2N3O3+. The van der Waals surface area contributed by atoms with Gasteiger partial charge in [-0.05, 0) is 31.0 Å². The smallest absolute Gasteiger partial charge is 0.410 e. The van der Waals surface area contributed by atoms with Crippen molar-refractivity contribution in [1.82, 2.24) is 10.2 Å². The fourth-order valence-electron chi connectivity index (χ4n) is 2.75. The van der Waals surface area contributed by atoms with Gasteiger partial charge in [0.15, 0.2) is 6.54 Å². The van der Waals surface area contributed by atoms with Gasteiger partial charge in [0.25, 0.3) is 5.91 Å². The number of quaternary nitrogens is 1. The van der Waals surface area contributed by atoms with E-state index in [-0.39, 0.29) is 12.0 Å². The van der Waals surface area contributed by atoms with Crippen LogP contribution in [0.4, 0.5) is 4.79 Å². The second-order valence-corrected chi connectivity index (χ2v) is 6.79. The fraction of sp³-hybridized carbons (Fsp3) is 0.529. The zero-order valence-electron chi connectivity index (χ0n) is 14.3. The van der Waals surface area contributed by atoms with Crippen molar-refractivity contribution in [3.05, 3.63) is 33.8 Å². The van der Waals surface area contributed by atoms with Crippen molar-refractivity contribution in [3.63, 3.8) is 0 Å². The lowest BCUT2D eigenvalue weighted by Crippen LogP contribution is -3.15. The molecule has 0 unspecified atom stereocenters. The largest absolute Gasteiger partial charge is 0.450 e. The lowest BCUT2D eigenvalue weighted by atomic mass is 10.1. The molecule has 0 atom stereocenters. The van der Waals surface area contributed by atoms with E-state index < -0.39 is 0 Å². The Bertz CT molecular complexity index is 605. The molecule has 138 valence electrons. The third-order valence-electron chi connectivity index (χ3n) is 4.14. The number of carbonyl (C=O) groups is 2. The average molecular weight is 389 g/mol. The van der Waals surface area contributed by atoms with E-state index in [1.165, 1.54) is 4.90 Å². The number of rotatable bonds is 6. The van der Waals surface area contributed by atoms with Crippen LogP contribution in [0.5, 0.6) is 0 Å². The standard InChI is InChI=1S/C17H23Cl2N3O3/c1-2-25-17(24)22-9-7-21(8-10-22)12-16(23)20-6-5-13-3-4-14(18)11-15(13)19/h3-4,11H,2,5-10,12H2,1H3,(H,20,23)/p+1. The van der Waals surface area contributed by atoms with Crippen LogP contribution < -0.4 is 10.2 Å². The van der Waals surface area contributed by atoms with Crippen LogP contribution in [0.1, 0.15) is 12.5 Å². The average Bonchev–Trinajstić information content (AvgIpc) is 2.57. The van der Waals surface area contributed by atoms with Gasteiger partial charge in [0.2, 0.25) is 0 Å². The van der Waals surface area contributed by atoms with Crippen molar-refractivity contribution in [2.45, 2.75) is 13.3 Å². The summed E-state index contributed by atoms with van der Waals surface area (Å²) in [5, 5.41) is 4.13. The lowest BCUT2D eigenvalue weighted by molar-refractivity contribution is -0.896. The monoisotopic (exact) mass is 388 g/mol. The number of nitrogens with one attached hydrogen (secondary N) is 2. The first-order chi connectivity index (χ1) is 12.0. The predicted molar refractivity (Wildman–Crippen MR) is 97.3 cm³/mol. The first-order valence-corrected chi connectivity index (χ1v) is 9.21.